The third-order valence-electron chi connectivity index (χ3n) is 8.66. The molecule has 0 atom stereocenters. The standard InChI is InChI=1S/C33H32N4O/c1-33(2)27-19-29(37-15-13-36(14-16-37)23-10-11-23)25(22-7-5-4-6-8-22)18-26(27)31(38)30-24-12-9-21(20-34-3)17-28(24)35-32(30)33/h4-5,7,9,12,17-20,23,35H,10-11,13-16H2,1-3H3/b34-20-. The van der Waals surface area contributed by atoms with Gasteiger partial charge < -0.3 is 9.88 Å². The number of benzene rings is 2. The predicted octanol–water partition coefficient (Wildman–Crippen LogP) is 5.64. The highest BCUT2D eigenvalue weighted by molar-refractivity contribution is 6.21. The van der Waals surface area contributed by atoms with Crippen LogP contribution >= 0.6 is 0 Å². The average Bonchev–Trinajstić information content (AvgIpc) is 3.72. The van der Waals surface area contributed by atoms with Gasteiger partial charge in [-0.1, -0.05) is 44.2 Å². The van der Waals surface area contributed by atoms with E-state index in [1.807, 2.05) is 24.4 Å². The zero-order valence-electron chi connectivity index (χ0n) is 22.3. The largest absolute Gasteiger partial charge is 0.368 e. The first-order valence-electron chi connectivity index (χ1n) is 13.6. The molecule has 0 unspecified atom stereocenters. The number of carbonyl (C=O) groups excluding carboxylic acids is 1. The Bertz CT molecular complexity index is 1580. The molecule has 190 valence electrons. The van der Waals surface area contributed by atoms with E-state index >= 15 is 0 Å². The molecule has 2 heterocycles. The van der Waals surface area contributed by atoms with Crippen LogP contribution in [0.2, 0.25) is 0 Å². The Morgan fingerprint density at radius 3 is 2.58 bits per heavy atom. The fourth-order valence-electron chi connectivity index (χ4n) is 6.47. The summed E-state index contributed by atoms with van der Waals surface area (Å²) in [7, 11) is 1.77. The van der Waals surface area contributed by atoms with Gasteiger partial charge in [-0.3, -0.25) is 14.7 Å². The van der Waals surface area contributed by atoms with E-state index in [1.165, 1.54) is 18.5 Å². The number of anilines is 1. The molecular formula is C33H32N4O. The summed E-state index contributed by atoms with van der Waals surface area (Å²) in [5.41, 5.74) is 8.53. The van der Waals surface area contributed by atoms with E-state index in [9.17, 15) is 4.79 Å². The minimum absolute atomic E-state index is 0.0868. The molecule has 1 aliphatic heterocycles. The molecule has 2 aliphatic carbocycles. The van der Waals surface area contributed by atoms with Crippen LogP contribution in [0.25, 0.3) is 22.0 Å². The monoisotopic (exact) mass is 500 g/mol. The van der Waals surface area contributed by atoms with Crippen LogP contribution in [0.1, 0.15) is 59.4 Å². The molecule has 3 aliphatic rings. The number of hydrogen-bond acceptors (Lipinski definition) is 4. The summed E-state index contributed by atoms with van der Waals surface area (Å²) in [4.78, 5) is 27.1. The van der Waals surface area contributed by atoms with E-state index < -0.39 is 0 Å². The number of H-pyrrole nitrogens is 1. The maximum Gasteiger partial charge on any atom is 0.195 e. The summed E-state index contributed by atoms with van der Waals surface area (Å²) in [5, 5.41) is 0.971. The second-order valence-electron chi connectivity index (χ2n) is 11.4. The molecule has 1 saturated heterocycles. The highest BCUT2D eigenvalue weighted by atomic mass is 16.1. The van der Waals surface area contributed by atoms with Crippen LogP contribution in [0.3, 0.4) is 0 Å². The Kier molecular flexibility index (Phi) is 5.25. The van der Waals surface area contributed by atoms with Crippen molar-refractivity contribution in [1.82, 2.24) is 9.88 Å². The Hall–Kier alpha value is -3.88. The number of fused-ring (bicyclic) bond motifs is 4. The summed E-state index contributed by atoms with van der Waals surface area (Å²) < 4.78 is 0. The molecule has 5 nitrogen and oxygen atoms in total. The van der Waals surface area contributed by atoms with Crippen molar-refractivity contribution in [3.63, 3.8) is 0 Å². The van der Waals surface area contributed by atoms with Crippen LogP contribution in [-0.2, 0) is 5.41 Å². The van der Waals surface area contributed by atoms with Gasteiger partial charge in [0.2, 0.25) is 0 Å². The molecule has 7 rings (SSSR count). The number of nitrogens with one attached hydrogen (secondary N) is 1. The van der Waals surface area contributed by atoms with Crippen LogP contribution in [0.4, 0.5) is 5.69 Å². The lowest BCUT2D eigenvalue weighted by atomic mass is 9.70. The zero-order chi connectivity index (χ0) is 26.0. The summed E-state index contributed by atoms with van der Waals surface area (Å²) in [6.07, 6.45) is 4.53. The first-order valence-corrected chi connectivity index (χ1v) is 13.6. The Labute approximate surface area is 224 Å². The molecule has 4 aromatic rings. The van der Waals surface area contributed by atoms with Crippen molar-refractivity contribution in [2.75, 3.05) is 38.1 Å². The third kappa shape index (κ3) is 3.59. The number of aliphatic imine (C=N–C) groups is 1. The lowest BCUT2D eigenvalue weighted by molar-refractivity contribution is 0.103. The van der Waals surface area contributed by atoms with Crippen molar-refractivity contribution in [3.05, 3.63) is 88.6 Å². The number of hydrogen-bond donors (Lipinski definition) is 1. The lowest BCUT2D eigenvalue weighted by Gasteiger charge is -2.39. The van der Waals surface area contributed by atoms with Crippen LogP contribution in [0.15, 0.2) is 53.5 Å². The smallest absolute Gasteiger partial charge is 0.195 e. The number of piperazine rings is 1. The van der Waals surface area contributed by atoms with E-state index in [-0.39, 0.29) is 11.2 Å². The van der Waals surface area contributed by atoms with E-state index in [1.54, 1.807) is 7.05 Å². The van der Waals surface area contributed by atoms with Gasteiger partial charge >= 0.3 is 0 Å². The van der Waals surface area contributed by atoms with Gasteiger partial charge in [-0.2, -0.15) is 0 Å². The first kappa shape index (κ1) is 23.3. The van der Waals surface area contributed by atoms with E-state index in [2.05, 4.69) is 76.1 Å². The van der Waals surface area contributed by atoms with Gasteiger partial charge in [0.05, 0.1) is 5.56 Å². The molecule has 1 aromatic heterocycles. The molecule has 38 heavy (non-hydrogen) atoms. The molecule has 5 heteroatoms. The van der Waals surface area contributed by atoms with Crippen molar-refractivity contribution in [3.8, 4) is 11.1 Å². The lowest BCUT2D eigenvalue weighted by Crippen LogP contribution is -2.47. The van der Waals surface area contributed by atoms with Crippen LogP contribution in [-0.4, -0.2) is 61.2 Å². The summed E-state index contributed by atoms with van der Waals surface area (Å²) in [6.45, 7) is 8.63. The molecule has 0 spiro atoms. The minimum atomic E-state index is -0.355. The predicted molar refractivity (Wildman–Crippen MR) is 154 cm³/mol. The fraction of sp³-hybridized carbons (Fsp3) is 0.333. The molecule has 3 aromatic carbocycles. The minimum Gasteiger partial charge on any atom is -0.368 e. The van der Waals surface area contributed by atoms with Gasteiger partial charge in [0.1, 0.15) is 0 Å². The van der Waals surface area contributed by atoms with Crippen LogP contribution in [0.5, 0.6) is 0 Å². The molecule has 2 fully saturated rings. The zero-order valence-corrected chi connectivity index (χ0v) is 22.3. The maximum atomic E-state index is 14.2. The van der Waals surface area contributed by atoms with E-state index in [0.29, 0.717) is 0 Å². The van der Waals surface area contributed by atoms with Gasteiger partial charge in [-0.15, -0.1) is 0 Å². The number of carbonyl (C=O) groups is 1. The van der Waals surface area contributed by atoms with Gasteiger partial charge in [-0.05, 0) is 54.3 Å². The molecule has 0 amide bonds. The SMILES string of the molecule is C/N=C\c1ccc2c3c([nH]c2c1)C(C)(C)c1cc(N2CCN(C4CC4)CC2)c(-c2c#cccc2)cc1C3=O. The van der Waals surface area contributed by atoms with Gasteiger partial charge in [0.15, 0.2) is 5.78 Å². The molecular weight excluding hydrogens is 468 g/mol. The number of ketones is 1. The Morgan fingerprint density at radius 2 is 1.87 bits per heavy atom. The quantitative estimate of drug-likeness (QED) is 0.369. The first-order chi connectivity index (χ1) is 18.5. The van der Waals surface area contributed by atoms with Gasteiger partial charge in [0.25, 0.3) is 0 Å². The summed E-state index contributed by atoms with van der Waals surface area (Å²) in [5.74, 6) is 0.0868. The maximum absolute atomic E-state index is 14.2. The fourth-order valence-corrected chi connectivity index (χ4v) is 6.47. The topological polar surface area (TPSA) is 51.7 Å². The molecule has 1 saturated carbocycles. The summed E-state index contributed by atoms with van der Waals surface area (Å²) in [6, 6.07) is 23.8. The second-order valence-corrected chi connectivity index (χ2v) is 11.4. The molecule has 0 bridgehead atoms. The summed E-state index contributed by atoms with van der Waals surface area (Å²) >= 11 is 0. The van der Waals surface area contributed by atoms with Crippen LogP contribution in [0, 0.1) is 12.1 Å². The molecule has 0 radical (unpaired) electrons. The number of aromatic nitrogens is 1. The van der Waals surface area contributed by atoms with Gasteiger partial charge in [-0.25, -0.2) is 0 Å². The highest BCUT2D eigenvalue weighted by Gasteiger charge is 2.41. The number of nitrogens with zero attached hydrogens (tertiary/aromatic N) is 3. The van der Waals surface area contributed by atoms with Crippen molar-refractivity contribution in [2.24, 2.45) is 4.99 Å². The van der Waals surface area contributed by atoms with Crippen molar-refractivity contribution in [1.29, 1.82) is 0 Å². The average molecular weight is 501 g/mol. The van der Waals surface area contributed by atoms with Gasteiger partial charge in [0, 0.05) is 89.9 Å². The van der Waals surface area contributed by atoms with E-state index in [4.69, 9.17) is 0 Å². The van der Waals surface area contributed by atoms with Crippen molar-refractivity contribution in [2.45, 2.75) is 38.1 Å². The number of rotatable bonds is 4. The normalized spacial score (nSPS) is 19.0. The van der Waals surface area contributed by atoms with Crippen LogP contribution < -0.4 is 4.90 Å². The molecule has 1 N–H and O–H groups in total. The van der Waals surface area contributed by atoms with E-state index in [0.717, 1.165) is 82.2 Å². The number of aromatic amines is 1. The Balaban J connectivity index is 1.39. The van der Waals surface area contributed by atoms with Crippen molar-refractivity contribution >= 4 is 28.6 Å². The van der Waals surface area contributed by atoms with Crippen molar-refractivity contribution < 1.29 is 4.79 Å². The highest BCUT2D eigenvalue weighted by Crippen LogP contribution is 2.47. The third-order valence-corrected chi connectivity index (χ3v) is 8.66. The second kappa shape index (κ2) is 8.58. The Morgan fingerprint density at radius 1 is 1.05 bits per heavy atom.